The molecule has 0 bridgehead atoms. The van der Waals surface area contributed by atoms with Crippen LogP contribution in [0.1, 0.15) is 68.1 Å². The molecule has 11 nitrogen and oxygen atoms in total. The Bertz CT molecular complexity index is 1600. The molecule has 3 aromatic rings. The number of nitrogens with zero attached hydrogens (tertiary/aromatic N) is 2. The molecule has 0 spiro atoms. The first-order valence-corrected chi connectivity index (χ1v) is 18.4. The molecule has 2 aromatic carbocycles. The van der Waals surface area contributed by atoms with Crippen molar-refractivity contribution in [3.05, 3.63) is 81.6 Å². The SMILES string of the molecule is O=C([C@H](O)[C@@H](O)[C@H](O)[C@H](O)CO)N(CCCCO)CCCCc1cc(Cl)c(COC2(c3cnccc3-c3ccccc3OC3CC3)CC2)cc1Cl. The van der Waals surface area contributed by atoms with E-state index in [0.717, 1.165) is 59.3 Å². The number of pyridine rings is 1. The van der Waals surface area contributed by atoms with Crippen molar-refractivity contribution in [1.82, 2.24) is 9.88 Å². The fourth-order valence-electron chi connectivity index (χ4n) is 6.12. The Hall–Kier alpha value is -2.84. The molecule has 51 heavy (non-hydrogen) atoms. The maximum atomic E-state index is 13.0. The van der Waals surface area contributed by atoms with Crippen molar-refractivity contribution in [1.29, 1.82) is 0 Å². The molecule has 13 heteroatoms. The van der Waals surface area contributed by atoms with Gasteiger partial charge in [0, 0.05) is 53.3 Å². The van der Waals surface area contributed by atoms with E-state index in [0.29, 0.717) is 42.1 Å². The third-order valence-electron chi connectivity index (χ3n) is 9.51. The van der Waals surface area contributed by atoms with E-state index in [1.165, 1.54) is 4.90 Å². The second kappa shape index (κ2) is 18.3. The van der Waals surface area contributed by atoms with Gasteiger partial charge in [0.05, 0.1) is 24.9 Å². The number of aryl methyl sites for hydroxylation is 1. The number of carbonyl (C=O) groups excluding carboxylic acids is 1. The van der Waals surface area contributed by atoms with E-state index in [2.05, 4.69) is 11.1 Å². The Morgan fingerprint density at radius 2 is 1.59 bits per heavy atom. The molecule has 0 radical (unpaired) electrons. The average molecular weight is 748 g/mol. The van der Waals surface area contributed by atoms with Crippen LogP contribution in [0.2, 0.25) is 10.0 Å². The summed E-state index contributed by atoms with van der Waals surface area (Å²) in [7, 11) is 0. The van der Waals surface area contributed by atoms with Crippen LogP contribution in [0.3, 0.4) is 0 Å². The van der Waals surface area contributed by atoms with Crippen LogP contribution in [0.4, 0.5) is 0 Å². The zero-order valence-corrected chi connectivity index (χ0v) is 30.1. The van der Waals surface area contributed by atoms with E-state index < -0.39 is 42.5 Å². The fourth-order valence-corrected chi connectivity index (χ4v) is 6.64. The molecule has 2 fully saturated rings. The summed E-state index contributed by atoms with van der Waals surface area (Å²) in [6.07, 6.45) is 2.77. The lowest BCUT2D eigenvalue weighted by Gasteiger charge is -2.30. The van der Waals surface area contributed by atoms with Gasteiger partial charge in [-0.1, -0.05) is 41.4 Å². The Labute approximate surface area is 308 Å². The lowest BCUT2D eigenvalue weighted by molar-refractivity contribution is -0.158. The monoisotopic (exact) mass is 746 g/mol. The highest BCUT2D eigenvalue weighted by Gasteiger charge is 2.48. The molecular formula is C38H48Cl2N2O9. The van der Waals surface area contributed by atoms with Crippen LogP contribution >= 0.6 is 23.2 Å². The zero-order valence-electron chi connectivity index (χ0n) is 28.5. The highest BCUT2D eigenvalue weighted by atomic mass is 35.5. The highest BCUT2D eigenvalue weighted by Crippen LogP contribution is 2.53. The Morgan fingerprint density at radius 1 is 0.902 bits per heavy atom. The van der Waals surface area contributed by atoms with Gasteiger partial charge in [-0.15, -0.1) is 0 Å². The summed E-state index contributed by atoms with van der Waals surface area (Å²) in [5.74, 6) is 0.0403. The van der Waals surface area contributed by atoms with Gasteiger partial charge in [-0.2, -0.15) is 0 Å². The topological polar surface area (TPSA) is 173 Å². The first kappa shape index (κ1) is 39.4. The molecule has 5 rings (SSSR count). The number of carbonyl (C=O) groups is 1. The third-order valence-corrected chi connectivity index (χ3v) is 10.2. The Balaban J connectivity index is 1.18. The number of ether oxygens (including phenoxy) is 2. The highest BCUT2D eigenvalue weighted by molar-refractivity contribution is 6.34. The minimum atomic E-state index is -2.00. The summed E-state index contributed by atoms with van der Waals surface area (Å²) >= 11 is 13.5. The number of amides is 1. The maximum absolute atomic E-state index is 13.0. The zero-order chi connectivity index (χ0) is 36.5. The molecule has 0 unspecified atom stereocenters. The van der Waals surface area contributed by atoms with Gasteiger partial charge in [-0.3, -0.25) is 9.78 Å². The lowest BCUT2D eigenvalue weighted by Crippen LogP contribution is -2.53. The average Bonchev–Trinajstić information content (AvgIpc) is 4.09. The van der Waals surface area contributed by atoms with Crippen LogP contribution in [0.15, 0.2) is 54.9 Å². The molecule has 1 amide bonds. The van der Waals surface area contributed by atoms with E-state index in [-0.39, 0.29) is 32.4 Å². The van der Waals surface area contributed by atoms with E-state index in [1.54, 1.807) is 6.20 Å². The third kappa shape index (κ3) is 10.2. The molecular weight excluding hydrogens is 699 g/mol. The number of rotatable bonds is 21. The van der Waals surface area contributed by atoms with Crippen molar-refractivity contribution < 1.29 is 44.9 Å². The van der Waals surface area contributed by atoms with E-state index >= 15 is 0 Å². The minimum Gasteiger partial charge on any atom is -0.490 e. The molecule has 278 valence electrons. The number of aliphatic hydroxyl groups is 6. The minimum absolute atomic E-state index is 0.0648. The smallest absolute Gasteiger partial charge is 0.254 e. The first-order valence-electron chi connectivity index (χ1n) is 17.6. The molecule has 4 atom stereocenters. The normalized spacial score (nSPS) is 17.4. The summed E-state index contributed by atoms with van der Waals surface area (Å²) in [5, 5.41) is 59.5. The van der Waals surface area contributed by atoms with Gasteiger partial charge in [-0.05, 0) is 98.7 Å². The van der Waals surface area contributed by atoms with Crippen LogP contribution in [-0.4, -0.2) is 103 Å². The quantitative estimate of drug-likeness (QED) is 0.0870. The summed E-state index contributed by atoms with van der Waals surface area (Å²) in [6, 6.07) is 13.7. The van der Waals surface area contributed by atoms with Gasteiger partial charge >= 0.3 is 0 Å². The summed E-state index contributed by atoms with van der Waals surface area (Å²) in [4.78, 5) is 18.8. The van der Waals surface area contributed by atoms with Crippen LogP contribution in [0, 0.1) is 0 Å². The van der Waals surface area contributed by atoms with Crippen LogP contribution < -0.4 is 4.74 Å². The summed E-state index contributed by atoms with van der Waals surface area (Å²) < 4.78 is 12.8. The Kier molecular flexibility index (Phi) is 14.1. The number of unbranched alkanes of at least 4 members (excludes halogenated alkanes) is 2. The van der Waals surface area contributed by atoms with Gasteiger partial charge < -0.3 is 45.0 Å². The number of hydrogen-bond acceptors (Lipinski definition) is 10. The van der Waals surface area contributed by atoms with Gasteiger partial charge in [0.25, 0.3) is 5.91 Å². The molecule has 0 saturated heterocycles. The van der Waals surface area contributed by atoms with Crippen molar-refractivity contribution in [2.75, 3.05) is 26.3 Å². The number of para-hydroxylation sites is 1. The molecule has 2 aliphatic carbocycles. The molecule has 1 heterocycles. The van der Waals surface area contributed by atoms with E-state index in [1.807, 2.05) is 42.6 Å². The van der Waals surface area contributed by atoms with Crippen LogP contribution in [0.25, 0.3) is 11.1 Å². The van der Waals surface area contributed by atoms with Gasteiger partial charge in [-0.25, -0.2) is 0 Å². The molecule has 6 N–H and O–H groups in total. The Morgan fingerprint density at radius 3 is 2.27 bits per heavy atom. The number of halogens is 2. The maximum Gasteiger partial charge on any atom is 0.254 e. The van der Waals surface area contributed by atoms with Crippen molar-refractivity contribution in [3.63, 3.8) is 0 Å². The van der Waals surface area contributed by atoms with Crippen LogP contribution in [-0.2, 0) is 28.2 Å². The number of benzene rings is 2. The predicted octanol–water partition coefficient (Wildman–Crippen LogP) is 4.16. The van der Waals surface area contributed by atoms with Gasteiger partial charge in [0.1, 0.15) is 24.1 Å². The van der Waals surface area contributed by atoms with Gasteiger partial charge in [0.15, 0.2) is 6.10 Å². The molecule has 1 aromatic heterocycles. The second-order valence-corrected chi connectivity index (χ2v) is 14.3. The predicted molar refractivity (Wildman–Crippen MR) is 192 cm³/mol. The first-order chi connectivity index (χ1) is 24.6. The summed E-state index contributed by atoms with van der Waals surface area (Å²) in [5.41, 5.74) is 4.18. The second-order valence-electron chi connectivity index (χ2n) is 13.4. The molecule has 2 saturated carbocycles. The molecule has 2 aliphatic rings. The largest absolute Gasteiger partial charge is 0.490 e. The number of hydrogen-bond donors (Lipinski definition) is 6. The van der Waals surface area contributed by atoms with E-state index in [9.17, 15) is 30.3 Å². The standard InChI is InChI=1S/C38H48Cl2N2O9/c39-30-20-25(23-50-38(13-14-38)29-21-41-15-12-27(29)28-8-1-2-9-33(28)51-26-10-11-26)31(40)19-24(30)7-3-4-16-42(17-5-6-18-43)37(49)36(48)35(47)34(46)32(45)22-44/h1-2,8-9,12,15,19-21,26,32,34-36,43-48H,3-7,10-11,13-14,16-18,22-23H2/t32-,34-,35+,36-/m1/s1. The summed E-state index contributed by atoms with van der Waals surface area (Å²) in [6.45, 7) is -0.203. The van der Waals surface area contributed by atoms with Crippen molar-refractivity contribution >= 4 is 29.1 Å². The number of aliphatic hydroxyl groups excluding tert-OH is 6. The molecule has 0 aliphatic heterocycles. The van der Waals surface area contributed by atoms with E-state index in [4.69, 9.17) is 37.8 Å². The van der Waals surface area contributed by atoms with Crippen molar-refractivity contribution in [3.8, 4) is 16.9 Å². The van der Waals surface area contributed by atoms with Gasteiger partial charge in [0.2, 0.25) is 0 Å². The van der Waals surface area contributed by atoms with Crippen molar-refractivity contribution in [2.45, 2.75) is 101 Å². The van der Waals surface area contributed by atoms with Crippen LogP contribution in [0.5, 0.6) is 5.75 Å². The van der Waals surface area contributed by atoms with Crippen molar-refractivity contribution in [2.24, 2.45) is 0 Å². The fraction of sp³-hybridized carbons (Fsp3) is 0.526. The number of aromatic nitrogens is 1. The lowest BCUT2D eigenvalue weighted by atomic mass is 9.96.